The summed E-state index contributed by atoms with van der Waals surface area (Å²) in [5, 5.41) is 18.8. The van der Waals surface area contributed by atoms with Crippen molar-refractivity contribution in [3.63, 3.8) is 0 Å². The summed E-state index contributed by atoms with van der Waals surface area (Å²) in [5.41, 5.74) is 1.58. The molecule has 11 heteroatoms. The number of nitrogens with zero attached hydrogens (tertiary/aromatic N) is 1. The third-order valence-electron chi connectivity index (χ3n) is 5.82. The fourth-order valence-electron chi connectivity index (χ4n) is 4.10. The van der Waals surface area contributed by atoms with Crippen LogP contribution in [0.5, 0.6) is 0 Å². The standard InChI is InChI=1S/C28H23F3N4O3S/c1-16-6-3-8-19(12-16)35-26(37)24-17(2)33-27(21(14-32)25(24)22-10-5-11-38-22)39-15-23(36)34-20-9-4-7-18(13-20)28(29,30)31/h3-13,25,33H,15H2,1-2H3,(H,34,36)(H,35,37). The quantitative estimate of drug-likeness (QED) is 0.317. The first-order valence-corrected chi connectivity index (χ1v) is 12.7. The Bertz CT molecular complexity index is 1500. The largest absolute Gasteiger partial charge is 0.468 e. The van der Waals surface area contributed by atoms with Crippen LogP contribution in [-0.4, -0.2) is 17.6 Å². The summed E-state index contributed by atoms with van der Waals surface area (Å²) >= 11 is 0.996. The van der Waals surface area contributed by atoms with Gasteiger partial charge in [0.15, 0.2) is 0 Å². The number of amides is 2. The van der Waals surface area contributed by atoms with E-state index in [9.17, 15) is 28.0 Å². The van der Waals surface area contributed by atoms with E-state index in [2.05, 4.69) is 22.0 Å². The maximum Gasteiger partial charge on any atom is 0.416 e. The highest BCUT2D eigenvalue weighted by molar-refractivity contribution is 8.03. The van der Waals surface area contributed by atoms with E-state index in [-0.39, 0.29) is 22.6 Å². The van der Waals surface area contributed by atoms with E-state index in [0.29, 0.717) is 22.2 Å². The van der Waals surface area contributed by atoms with Gasteiger partial charge in [-0.1, -0.05) is 30.0 Å². The third kappa shape index (κ3) is 6.53. The highest BCUT2D eigenvalue weighted by atomic mass is 32.2. The molecule has 1 aromatic heterocycles. The molecule has 0 saturated carbocycles. The predicted octanol–water partition coefficient (Wildman–Crippen LogP) is 6.31. The van der Waals surface area contributed by atoms with Crippen molar-refractivity contribution >= 4 is 35.0 Å². The second kappa shape index (κ2) is 11.5. The number of aryl methyl sites for hydroxylation is 1. The molecule has 2 heterocycles. The molecule has 0 saturated heterocycles. The Morgan fingerprint density at radius 3 is 2.41 bits per heavy atom. The Balaban J connectivity index is 1.56. The van der Waals surface area contributed by atoms with Crippen molar-refractivity contribution in [2.45, 2.75) is 25.9 Å². The molecule has 3 N–H and O–H groups in total. The molecule has 7 nitrogen and oxygen atoms in total. The number of carbonyl (C=O) groups excluding carboxylic acids is 2. The second-order valence-electron chi connectivity index (χ2n) is 8.71. The number of allylic oxidation sites excluding steroid dienone is 2. The lowest BCUT2D eigenvalue weighted by Crippen LogP contribution is -2.31. The Morgan fingerprint density at radius 1 is 1.05 bits per heavy atom. The van der Waals surface area contributed by atoms with Gasteiger partial charge in [-0.2, -0.15) is 18.4 Å². The lowest BCUT2D eigenvalue weighted by molar-refractivity contribution is -0.137. The number of thioether (sulfide) groups is 1. The number of rotatable bonds is 7. The average Bonchev–Trinajstić information content (AvgIpc) is 3.41. The fourth-order valence-corrected chi connectivity index (χ4v) is 4.99. The van der Waals surface area contributed by atoms with Gasteiger partial charge >= 0.3 is 6.18 Å². The number of hydrogen-bond acceptors (Lipinski definition) is 6. The van der Waals surface area contributed by atoms with E-state index in [1.54, 1.807) is 25.1 Å². The first-order chi connectivity index (χ1) is 18.6. The van der Waals surface area contributed by atoms with Crippen molar-refractivity contribution in [2.75, 3.05) is 16.4 Å². The fraction of sp³-hybridized carbons (Fsp3) is 0.179. The maximum absolute atomic E-state index is 13.4. The molecule has 0 bridgehead atoms. The molecule has 1 aliphatic heterocycles. The number of carbonyl (C=O) groups is 2. The summed E-state index contributed by atoms with van der Waals surface area (Å²) in [6, 6.07) is 17.0. The van der Waals surface area contributed by atoms with Crippen LogP contribution in [0.15, 0.2) is 93.2 Å². The molecular formula is C28H23F3N4O3S. The highest BCUT2D eigenvalue weighted by Crippen LogP contribution is 2.41. The van der Waals surface area contributed by atoms with Gasteiger partial charge in [0.2, 0.25) is 5.91 Å². The van der Waals surface area contributed by atoms with Gasteiger partial charge in [-0.25, -0.2) is 0 Å². The number of alkyl halides is 3. The number of halogens is 3. The zero-order valence-corrected chi connectivity index (χ0v) is 21.7. The van der Waals surface area contributed by atoms with Crippen LogP contribution in [0, 0.1) is 18.3 Å². The molecule has 0 spiro atoms. The topological polar surface area (TPSA) is 107 Å². The van der Waals surface area contributed by atoms with Crippen LogP contribution in [0.3, 0.4) is 0 Å². The summed E-state index contributed by atoms with van der Waals surface area (Å²) in [4.78, 5) is 26.0. The Kier molecular flexibility index (Phi) is 8.16. The molecule has 39 heavy (non-hydrogen) atoms. The molecule has 0 aliphatic carbocycles. The molecule has 2 aromatic carbocycles. The van der Waals surface area contributed by atoms with Crippen molar-refractivity contribution in [3.05, 3.63) is 106 Å². The zero-order chi connectivity index (χ0) is 28.2. The van der Waals surface area contributed by atoms with Crippen molar-refractivity contribution in [1.29, 1.82) is 5.26 Å². The van der Waals surface area contributed by atoms with Gasteiger partial charge in [0.05, 0.1) is 45.7 Å². The van der Waals surface area contributed by atoms with Gasteiger partial charge in [-0.3, -0.25) is 9.59 Å². The van der Waals surface area contributed by atoms with Crippen LogP contribution >= 0.6 is 11.8 Å². The Morgan fingerprint density at radius 2 is 1.77 bits per heavy atom. The van der Waals surface area contributed by atoms with Gasteiger partial charge in [0.25, 0.3) is 5.91 Å². The summed E-state index contributed by atoms with van der Waals surface area (Å²) < 4.78 is 44.6. The van der Waals surface area contributed by atoms with E-state index in [1.807, 2.05) is 25.1 Å². The molecular weight excluding hydrogens is 529 g/mol. The smallest absolute Gasteiger partial charge is 0.416 e. The summed E-state index contributed by atoms with van der Waals surface area (Å²) in [7, 11) is 0. The van der Waals surface area contributed by atoms with Crippen LogP contribution in [0.4, 0.5) is 24.5 Å². The highest BCUT2D eigenvalue weighted by Gasteiger charge is 2.36. The van der Waals surface area contributed by atoms with Crippen LogP contribution in [0.25, 0.3) is 0 Å². The van der Waals surface area contributed by atoms with E-state index in [1.165, 1.54) is 18.4 Å². The van der Waals surface area contributed by atoms with Crippen molar-refractivity contribution < 1.29 is 27.2 Å². The van der Waals surface area contributed by atoms with Gasteiger partial charge < -0.3 is 20.4 Å². The Hall–Kier alpha value is -4.43. The van der Waals surface area contributed by atoms with Crippen molar-refractivity contribution in [3.8, 4) is 6.07 Å². The number of benzene rings is 2. The first kappa shape index (κ1) is 27.6. The molecule has 2 amide bonds. The minimum Gasteiger partial charge on any atom is -0.468 e. The lowest BCUT2D eigenvalue weighted by atomic mass is 9.85. The van der Waals surface area contributed by atoms with Gasteiger partial charge in [-0.05, 0) is 61.9 Å². The molecule has 1 atom stereocenters. The molecule has 1 aliphatic rings. The molecule has 3 aromatic rings. The van der Waals surface area contributed by atoms with Crippen molar-refractivity contribution in [2.24, 2.45) is 0 Å². The minimum atomic E-state index is -4.54. The molecule has 0 fully saturated rings. The lowest BCUT2D eigenvalue weighted by Gasteiger charge is -2.28. The molecule has 200 valence electrons. The average molecular weight is 553 g/mol. The van der Waals surface area contributed by atoms with E-state index < -0.39 is 29.5 Å². The number of nitriles is 1. The maximum atomic E-state index is 13.4. The number of nitrogens with one attached hydrogen (secondary N) is 3. The number of hydrogen-bond donors (Lipinski definition) is 3. The van der Waals surface area contributed by atoms with Crippen molar-refractivity contribution in [1.82, 2.24) is 5.32 Å². The normalized spacial score (nSPS) is 15.4. The van der Waals surface area contributed by atoms with Gasteiger partial charge in [0, 0.05) is 17.1 Å². The molecule has 4 rings (SSSR count). The SMILES string of the molecule is CC1=C(C(=O)Nc2cccc(C)c2)C(c2ccco2)C(C#N)=C(SCC(=O)Nc2cccc(C(F)(F)F)c2)N1. The summed E-state index contributed by atoms with van der Waals surface area (Å²) in [5.74, 6) is -1.67. The number of dihydropyridines is 1. The van der Waals surface area contributed by atoms with Crippen LogP contribution in [0.2, 0.25) is 0 Å². The minimum absolute atomic E-state index is 0.00107. The van der Waals surface area contributed by atoms with Crippen LogP contribution in [-0.2, 0) is 15.8 Å². The number of anilines is 2. The van der Waals surface area contributed by atoms with E-state index in [4.69, 9.17) is 4.42 Å². The van der Waals surface area contributed by atoms with Crippen LogP contribution in [0.1, 0.15) is 29.7 Å². The van der Waals surface area contributed by atoms with E-state index in [0.717, 1.165) is 29.5 Å². The van der Waals surface area contributed by atoms with Crippen LogP contribution < -0.4 is 16.0 Å². The summed E-state index contributed by atoms with van der Waals surface area (Å²) in [6.07, 6.45) is -3.10. The second-order valence-corrected chi connectivity index (χ2v) is 9.69. The van der Waals surface area contributed by atoms with E-state index >= 15 is 0 Å². The first-order valence-electron chi connectivity index (χ1n) is 11.7. The van der Waals surface area contributed by atoms with Gasteiger partial charge in [0.1, 0.15) is 5.76 Å². The third-order valence-corrected chi connectivity index (χ3v) is 6.83. The molecule has 0 radical (unpaired) electrons. The summed E-state index contributed by atoms with van der Waals surface area (Å²) in [6.45, 7) is 3.58. The zero-order valence-electron chi connectivity index (χ0n) is 20.8. The Labute approximate surface area is 226 Å². The van der Waals surface area contributed by atoms with Gasteiger partial charge in [-0.15, -0.1) is 0 Å². The monoisotopic (exact) mass is 552 g/mol. The predicted molar refractivity (Wildman–Crippen MR) is 142 cm³/mol. The molecule has 1 unspecified atom stereocenters. The number of furan rings is 1.